The molecule has 0 fully saturated rings. The van der Waals surface area contributed by atoms with Gasteiger partial charge in [-0.25, -0.2) is 8.42 Å². The second-order valence-electron chi connectivity index (χ2n) is 4.46. The van der Waals surface area contributed by atoms with E-state index in [0.29, 0.717) is 30.9 Å². The van der Waals surface area contributed by atoms with Gasteiger partial charge in [-0.3, -0.25) is 4.79 Å². The molecule has 1 aromatic rings. The number of benzene rings is 1. The van der Waals surface area contributed by atoms with Crippen LogP contribution >= 0.6 is 0 Å². The van der Waals surface area contributed by atoms with Crippen LogP contribution in [0.4, 0.5) is 5.69 Å². The normalized spacial score (nSPS) is 11.2. The summed E-state index contributed by atoms with van der Waals surface area (Å²) in [5.41, 5.74) is 6.08. The van der Waals surface area contributed by atoms with Crippen LogP contribution in [0.2, 0.25) is 0 Å². The fourth-order valence-electron chi connectivity index (χ4n) is 1.71. The molecule has 2 N–H and O–H groups in total. The molecule has 1 rings (SSSR count). The molecule has 0 aromatic heterocycles. The van der Waals surface area contributed by atoms with Gasteiger partial charge in [0.25, 0.3) is 0 Å². The first-order valence-corrected chi connectivity index (χ1v) is 8.25. The number of hydrogen-bond donors (Lipinski definition) is 1. The molecular formula is C13H20N2O4S. The summed E-state index contributed by atoms with van der Waals surface area (Å²) >= 11 is 0. The Morgan fingerprint density at radius 3 is 2.35 bits per heavy atom. The summed E-state index contributed by atoms with van der Waals surface area (Å²) in [4.78, 5) is 13.5. The van der Waals surface area contributed by atoms with Crippen molar-refractivity contribution >= 4 is 21.4 Å². The van der Waals surface area contributed by atoms with Gasteiger partial charge >= 0.3 is 0 Å². The zero-order valence-corrected chi connectivity index (χ0v) is 12.5. The lowest BCUT2D eigenvalue weighted by atomic mass is 10.2. The van der Waals surface area contributed by atoms with E-state index in [9.17, 15) is 13.2 Å². The van der Waals surface area contributed by atoms with Crippen LogP contribution < -0.4 is 15.4 Å². The fourth-order valence-corrected chi connectivity index (χ4v) is 2.32. The van der Waals surface area contributed by atoms with Crippen molar-refractivity contribution in [3.63, 3.8) is 0 Å². The van der Waals surface area contributed by atoms with Crippen LogP contribution in [-0.2, 0) is 14.6 Å². The van der Waals surface area contributed by atoms with E-state index in [1.165, 1.54) is 4.90 Å². The predicted octanol–water partition coefficient (Wildman–Crippen LogP) is 0.422. The summed E-state index contributed by atoms with van der Waals surface area (Å²) in [5, 5.41) is 0. The number of carbonyl (C=O) groups excluding carboxylic acids is 1. The maximum Gasteiger partial charge on any atom is 0.242 e. The second-order valence-corrected chi connectivity index (χ2v) is 6.60. The SMILES string of the molecule is COc1ccc(N(CCCN)C(=O)CS(C)(=O)=O)cc1. The van der Waals surface area contributed by atoms with Gasteiger partial charge < -0.3 is 15.4 Å². The van der Waals surface area contributed by atoms with Crippen molar-refractivity contribution < 1.29 is 17.9 Å². The van der Waals surface area contributed by atoms with E-state index in [0.717, 1.165) is 6.26 Å². The van der Waals surface area contributed by atoms with E-state index >= 15 is 0 Å². The number of methoxy groups -OCH3 is 1. The minimum atomic E-state index is -3.36. The van der Waals surface area contributed by atoms with Crippen LogP contribution in [-0.4, -0.2) is 46.5 Å². The van der Waals surface area contributed by atoms with Crippen molar-refractivity contribution in [2.24, 2.45) is 5.73 Å². The maximum absolute atomic E-state index is 12.1. The van der Waals surface area contributed by atoms with Gasteiger partial charge in [0.05, 0.1) is 7.11 Å². The Kier molecular flexibility index (Phi) is 5.97. The highest BCUT2D eigenvalue weighted by atomic mass is 32.2. The van der Waals surface area contributed by atoms with Crippen molar-refractivity contribution in [2.45, 2.75) is 6.42 Å². The Hall–Kier alpha value is -1.60. The summed E-state index contributed by atoms with van der Waals surface area (Å²) in [6.07, 6.45) is 1.64. The third-order valence-corrected chi connectivity index (χ3v) is 3.43. The zero-order valence-electron chi connectivity index (χ0n) is 11.7. The second kappa shape index (κ2) is 7.25. The van der Waals surface area contributed by atoms with E-state index in [1.54, 1.807) is 31.4 Å². The fraction of sp³-hybridized carbons (Fsp3) is 0.462. The first-order valence-electron chi connectivity index (χ1n) is 6.19. The Labute approximate surface area is 119 Å². The maximum atomic E-state index is 12.1. The van der Waals surface area contributed by atoms with Crippen molar-refractivity contribution in [1.82, 2.24) is 0 Å². The Morgan fingerprint density at radius 2 is 1.90 bits per heavy atom. The minimum absolute atomic E-state index is 0.386. The molecular weight excluding hydrogens is 280 g/mol. The molecule has 0 bridgehead atoms. The van der Waals surface area contributed by atoms with E-state index in [-0.39, 0.29) is 0 Å². The third kappa shape index (κ3) is 5.18. The van der Waals surface area contributed by atoms with Crippen LogP contribution in [0.25, 0.3) is 0 Å². The van der Waals surface area contributed by atoms with Crippen LogP contribution in [0, 0.1) is 0 Å². The number of ether oxygens (including phenoxy) is 1. The lowest BCUT2D eigenvalue weighted by Crippen LogP contribution is -2.37. The van der Waals surface area contributed by atoms with E-state index in [4.69, 9.17) is 10.5 Å². The number of hydrogen-bond acceptors (Lipinski definition) is 5. The molecule has 0 heterocycles. The van der Waals surface area contributed by atoms with Gasteiger partial charge in [0, 0.05) is 18.5 Å². The summed E-state index contributed by atoms with van der Waals surface area (Å²) in [6.45, 7) is 0.815. The molecule has 0 saturated heterocycles. The first-order chi connectivity index (χ1) is 9.37. The smallest absolute Gasteiger partial charge is 0.242 e. The topological polar surface area (TPSA) is 89.7 Å². The summed E-state index contributed by atoms with van der Waals surface area (Å²) in [6, 6.07) is 6.88. The third-order valence-electron chi connectivity index (χ3n) is 2.66. The number of nitrogens with zero attached hydrogens (tertiary/aromatic N) is 1. The van der Waals surface area contributed by atoms with Crippen LogP contribution in [0.3, 0.4) is 0 Å². The summed E-state index contributed by atoms with van der Waals surface area (Å²) < 4.78 is 27.6. The van der Waals surface area contributed by atoms with Crippen LogP contribution in [0.1, 0.15) is 6.42 Å². The zero-order chi connectivity index (χ0) is 15.2. The number of amides is 1. The molecule has 0 unspecified atom stereocenters. The highest BCUT2D eigenvalue weighted by Crippen LogP contribution is 2.20. The van der Waals surface area contributed by atoms with Gasteiger partial charge in [-0.2, -0.15) is 0 Å². The number of nitrogens with two attached hydrogens (primary N) is 1. The Bertz CT molecular complexity index is 540. The monoisotopic (exact) mass is 300 g/mol. The van der Waals surface area contributed by atoms with Crippen molar-refractivity contribution in [2.75, 3.05) is 37.1 Å². The van der Waals surface area contributed by atoms with Gasteiger partial charge in [-0.15, -0.1) is 0 Å². The molecule has 1 aromatic carbocycles. The van der Waals surface area contributed by atoms with E-state index in [1.807, 2.05) is 0 Å². The van der Waals surface area contributed by atoms with Gasteiger partial charge in [-0.05, 0) is 37.2 Å². The van der Waals surface area contributed by atoms with Crippen molar-refractivity contribution in [3.05, 3.63) is 24.3 Å². The molecule has 0 aliphatic heterocycles. The lowest BCUT2D eigenvalue weighted by Gasteiger charge is -2.22. The molecule has 6 nitrogen and oxygen atoms in total. The van der Waals surface area contributed by atoms with E-state index in [2.05, 4.69) is 0 Å². The van der Waals surface area contributed by atoms with Gasteiger partial charge in [0.1, 0.15) is 11.5 Å². The van der Waals surface area contributed by atoms with Crippen LogP contribution in [0.15, 0.2) is 24.3 Å². The van der Waals surface area contributed by atoms with Gasteiger partial charge in [0.15, 0.2) is 9.84 Å². The first kappa shape index (κ1) is 16.5. The number of rotatable bonds is 7. The van der Waals surface area contributed by atoms with Crippen LogP contribution in [0.5, 0.6) is 5.75 Å². The highest BCUT2D eigenvalue weighted by molar-refractivity contribution is 7.91. The number of carbonyl (C=O) groups is 1. The summed E-state index contributed by atoms with van der Waals surface area (Å²) in [7, 11) is -1.81. The molecule has 0 aliphatic rings. The van der Waals surface area contributed by atoms with Crippen molar-refractivity contribution in [3.8, 4) is 5.75 Å². The standard InChI is InChI=1S/C13H20N2O4S/c1-19-12-6-4-11(5-7-12)15(9-3-8-14)13(16)10-20(2,17)18/h4-7H,3,8-10,14H2,1-2H3. The quantitative estimate of drug-likeness (QED) is 0.788. The summed E-state index contributed by atoms with van der Waals surface area (Å²) in [5.74, 6) is -0.293. The molecule has 7 heteroatoms. The largest absolute Gasteiger partial charge is 0.497 e. The lowest BCUT2D eigenvalue weighted by molar-refractivity contribution is -0.116. The highest BCUT2D eigenvalue weighted by Gasteiger charge is 2.19. The number of anilines is 1. The molecule has 0 aliphatic carbocycles. The molecule has 0 saturated carbocycles. The minimum Gasteiger partial charge on any atom is -0.497 e. The molecule has 0 spiro atoms. The Morgan fingerprint density at radius 1 is 1.30 bits per heavy atom. The number of sulfone groups is 1. The average Bonchev–Trinajstić information content (AvgIpc) is 2.38. The predicted molar refractivity (Wildman–Crippen MR) is 78.7 cm³/mol. The molecule has 112 valence electrons. The molecule has 1 amide bonds. The molecule has 20 heavy (non-hydrogen) atoms. The van der Waals surface area contributed by atoms with Crippen molar-refractivity contribution in [1.29, 1.82) is 0 Å². The van der Waals surface area contributed by atoms with Gasteiger partial charge in [0.2, 0.25) is 5.91 Å². The molecule has 0 radical (unpaired) electrons. The average molecular weight is 300 g/mol. The molecule has 0 atom stereocenters. The van der Waals surface area contributed by atoms with Gasteiger partial charge in [-0.1, -0.05) is 0 Å². The van der Waals surface area contributed by atoms with E-state index < -0.39 is 21.5 Å². The Balaban J connectivity index is 2.95.